The fourth-order valence-electron chi connectivity index (χ4n) is 3.75. The number of carbonyl (C=O) groups excluding carboxylic acids is 1. The van der Waals surface area contributed by atoms with E-state index in [0.717, 1.165) is 9.37 Å². The molecule has 2 N–H and O–H groups in total. The molecule has 0 spiro atoms. The molecule has 1 aromatic heterocycles. The molecule has 1 unspecified atom stereocenters. The molecular formula is C21H20BrN3O6S. The molecule has 1 amide bonds. The van der Waals surface area contributed by atoms with Gasteiger partial charge >= 0.3 is 11.1 Å². The van der Waals surface area contributed by atoms with Crippen LogP contribution in [0.4, 0.5) is 5.69 Å². The fourth-order valence-corrected chi connectivity index (χ4v) is 5.56. The van der Waals surface area contributed by atoms with Crippen LogP contribution in [-0.2, 0) is 4.79 Å². The first-order valence-corrected chi connectivity index (χ1v) is 11.3. The first-order valence-electron chi connectivity index (χ1n) is 9.57. The normalized spacial score (nSPS) is 14.8. The average Bonchev–Trinajstić information content (AvgIpc) is 2.77. The topological polar surface area (TPSA) is 112 Å². The van der Waals surface area contributed by atoms with Crippen LogP contribution in [0.1, 0.15) is 12.5 Å². The number of aromatic nitrogens is 2. The Morgan fingerprint density at radius 1 is 1.16 bits per heavy atom. The number of aromatic amines is 1. The van der Waals surface area contributed by atoms with Gasteiger partial charge in [-0.3, -0.25) is 19.0 Å². The van der Waals surface area contributed by atoms with Crippen molar-refractivity contribution in [2.75, 3.05) is 32.4 Å². The monoisotopic (exact) mass is 521 g/mol. The van der Waals surface area contributed by atoms with Crippen molar-refractivity contribution < 1.29 is 19.0 Å². The van der Waals surface area contributed by atoms with Crippen molar-refractivity contribution in [3.8, 4) is 17.2 Å². The van der Waals surface area contributed by atoms with Gasteiger partial charge in [0.2, 0.25) is 11.7 Å². The number of nitrogens with zero attached hydrogens (tertiary/aromatic N) is 1. The molecule has 0 fully saturated rings. The molecule has 2 heterocycles. The van der Waals surface area contributed by atoms with E-state index in [1.165, 1.54) is 37.7 Å². The van der Waals surface area contributed by atoms with Gasteiger partial charge in [0.1, 0.15) is 0 Å². The summed E-state index contributed by atoms with van der Waals surface area (Å²) in [5.41, 5.74) is 0.233. The van der Waals surface area contributed by atoms with Crippen LogP contribution in [0, 0.1) is 0 Å². The maximum atomic E-state index is 12.9. The molecule has 2 aromatic carbocycles. The first kappa shape index (κ1) is 22.3. The van der Waals surface area contributed by atoms with Gasteiger partial charge in [0, 0.05) is 39.4 Å². The average molecular weight is 522 g/mol. The molecular weight excluding hydrogens is 502 g/mol. The number of carbonyl (C=O) groups is 1. The summed E-state index contributed by atoms with van der Waals surface area (Å²) >= 11 is 4.96. The fraction of sp³-hybridized carbons (Fsp3) is 0.286. The number of thioether (sulfide) groups is 1. The molecule has 4 rings (SSSR count). The molecule has 0 saturated carbocycles. The second-order valence-corrected chi connectivity index (χ2v) is 9.04. The Morgan fingerprint density at radius 2 is 1.84 bits per heavy atom. The van der Waals surface area contributed by atoms with Gasteiger partial charge in [-0.1, -0.05) is 15.9 Å². The Balaban J connectivity index is 1.66. The molecule has 0 aliphatic carbocycles. The Morgan fingerprint density at radius 3 is 2.47 bits per heavy atom. The van der Waals surface area contributed by atoms with E-state index in [1.54, 1.807) is 18.2 Å². The van der Waals surface area contributed by atoms with E-state index in [4.69, 9.17) is 14.2 Å². The summed E-state index contributed by atoms with van der Waals surface area (Å²) in [6, 6.07) is 6.41. The number of H-pyrrole nitrogens is 1. The van der Waals surface area contributed by atoms with Crippen molar-refractivity contribution >= 4 is 50.3 Å². The van der Waals surface area contributed by atoms with Crippen LogP contribution < -0.4 is 30.6 Å². The number of hydrogen-bond acceptors (Lipinski definition) is 7. The van der Waals surface area contributed by atoms with Crippen molar-refractivity contribution in [2.45, 2.75) is 17.4 Å². The van der Waals surface area contributed by atoms with Crippen LogP contribution in [0.5, 0.6) is 17.2 Å². The van der Waals surface area contributed by atoms with Crippen LogP contribution >= 0.6 is 27.7 Å². The van der Waals surface area contributed by atoms with E-state index < -0.39 is 17.2 Å². The Labute approximate surface area is 195 Å². The van der Waals surface area contributed by atoms with Crippen molar-refractivity contribution in [3.05, 3.63) is 49.4 Å². The lowest BCUT2D eigenvalue weighted by molar-refractivity contribution is -0.116. The molecule has 0 bridgehead atoms. The van der Waals surface area contributed by atoms with Gasteiger partial charge < -0.3 is 24.5 Å². The molecule has 3 aromatic rings. The van der Waals surface area contributed by atoms with E-state index in [2.05, 4.69) is 26.2 Å². The minimum atomic E-state index is -0.719. The zero-order chi connectivity index (χ0) is 23.0. The lowest BCUT2D eigenvalue weighted by Crippen LogP contribution is -2.41. The maximum absolute atomic E-state index is 12.9. The third-order valence-corrected chi connectivity index (χ3v) is 6.74. The quantitative estimate of drug-likeness (QED) is 0.479. The van der Waals surface area contributed by atoms with Crippen molar-refractivity contribution in [1.29, 1.82) is 0 Å². The summed E-state index contributed by atoms with van der Waals surface area (Å²) in [4.78, 5) is 41.3. The minimum Gasteiger partial charge on any atom is -0.493 e. The highest BCUT2D eigenvalue weighted by Crippen LogP contribution is 2.41. The van der Waals surface area contributed by atoms with Crippen LogP contribution in [0.3, 0.4) is 0 Å². The lowest BCUT2D eigenvalue weighted by Gasteiger charge is -2.27. The summed E-state index contributed by atoms with van der Waals surface area (Å²) in [6.45, 7) is 0. The molecule has 0 saturated heterocycles. The van der Waals surface area contributed by atoms with Gasteiger partial charge in [-0.25, -0.2) is 0 Å². The zero-order valence-electron chi connectivity index (χ0n) is 17.5. The number of benzene rings is 2. The summed E-state index contributed by atoms with van der Waals surface area (Å²) < 4.78 is 18.2. The van der Waals surface area contributed by atoms with Crippen LogP contribution in [0.25, 0.3) is 11.0 Å². The lowest BCUT2D eigenvalue weighted by atomic mass is 10.1. The molecule has 168 valence electrons. The van der Waals surface area contributed by atoms with E-state index in [-0.39, 0.29) is 12.3 Å². The minimum absolute atomic E-state index is 0.0115. The summed E-state index contributed by atoms with van der Waals surface area (Å²) in [5.74, 6) is 1.39. The van der Waals surface area contributed by atoms with Gasteiger partial charge in [-0.2, -0.15) is 0 Å². The van der Waals surface area contributed by atoms with Gasteiger partial charge in [0.15, 0.2) is 11.5 Å². The largest absolute Gasteiger partial charge is 0.493 e. The third-order valence-electron chi connectivity index (χ3n) is 5.11. The number of methoxy groups -OCH3 is 3. The predicted molar refractivity (Wildman–Crippen MR) is 126 cm³/mol. The number of rotatable bonds is 6. The van der Waals surface area contributed by atoms with E-state index >= 15 is 0 Å². The Kier molecular flexibility index (Phi) is 6.20. The molecule has 0 radical (unpaired) electrons. The second-order valence-electron chi connectivity index (χ2n) is 7.06. The zero-order valence-corrected chi connectivity index (χ0v) is 19.9. The molecule has 9 nitrogen and oxygen atoms in total. The Hall–Kier alpha value is -2.92. The van der Waals surface area contributed by atoms with Crippen molar-refractivity contribution in [1.82, 2.24) is 9.55 Å². The Bertz CT molecular complexity index is 1310. The summed E-state index contributed by atoms with van der Waals surface area (Å²) in [7, 11) is 4.47. The van der Waals surface area contributed by atoms with Gasteiger partial charge in [-0.15, -0.1) is 11.8 Å². The van der Waals surface area contributed by atoms with Crippen molar-refractivity contribution in [2.24, 2.45) is 0 Å². The SMILES string of the molecule is COc1cc(NC(=O)CC2CSc3cc(Br)cc4[nH]c(=O)c(=O)n2c34)cc(OC)c1OC. The summed E-state index contributed by atoms with van der Waals surface area (Å²) in [5, 5.41) is 2.82. The van der Waals surface area contributed by atoms with E-state index in [9.17, 15) is 14.4 Å². The molecule has 1 atom stereocenters. The highest BCUT2D eigenvalue weighted by atomic mass is 79.9. The standard InChI is InChI=1S/C21H20BrN3O6S/c1-29-14-6-11(7-15(30-2)19(14)31-3)23-17(26)8-12-9-32-16-5-10(22)4-13-18(16)25(12)21(28)20(27)24-13/h4-7,12H,8-9H2,1-3H3,(H,23,26)(H,24,27). The van der Waals surface area contributed by atoms with Gasteiger partial charge in [0.25, 0.3) is 0 Å². The number of anilines is 1. The third kappa shape index (κ3) is 3.97. The van der Waals surface area contributed by atoms with Gasteiger partial charge in [0.05, 0.1) is 38.4 Å². The van der Waals surface area contributed by atoms with Crippen LogP contribution in [0.2, 0.25) is 0 Å². The number of ether oxygens (including phenoxy) is 3. The van der Waals surface area contributed by atoms with Crippen LogP contribution in [0.15, 0.2) is 43.2 Å². The molecule has 1 aliphatic rings. The van der Waals surface area contributed by atoms with Gasteiger partial charge in [-0.05, 0) is 12.1 Å². The van der Waals surface area contributed by atoms with Crippen LogP contribution in [-0.4, -0.2) is 42.5 Å². The van der Waals surface area contributed by atoms with E-state index in [0.29, 0.717) is 39.7 Å². The molecule has 32 heavy (non-hydrogen) atoms. The molecule has 11 heteroatoms. The number of halogens is 1. The number of hydrogen-bond donors (Lipinski definition) is 2. The maximum Gasteiger partial charge on any atom is 0.317 e. The highest BCUT2D eigenvalue weighted by molar-refractivity contribution is 9.10. The molecule has 1 aliphatic heterocycles. The summed E-state index contributed by atoms with van der Waals surface area (Å²) in [6.07, 6.45) is 0.0115. The van der Waals surface area contributed by atoms with Crippen molar-refractivity contribution in [3.63, 3.8) is 0 Å². The smallest absolute Gasteiger partial charge is 0.317 e. The first-order chi connectivity index (χ1) is 15.4. The highest BCUT2D eigenvalue weighted by Gasteiger charge is 2.27. The number of amides is 1. The predicted octanol–water partition coefficient (Wildman–Crippen LogP) is 3.15. The van der Waals surface area contributed by atoms with E-state index in [1.807, 2.05) is 6.07 Å². The number of nitrogens with one attached hydrogen (secondary N) is 2. The second kappa shape index (κ2) is 8.91.